The molecule has 4 aromatic heterocycles. The van der Waals surface area contributed by atoms with Crippen molar-refractivity contribution in [2.75, 3.05) is 45.9 Å². The molecule has 4 heterocycles. The Hall–Kier alpha value is -2.20. The van der Waals surface area contributed by atoms with Gasteiger partial charge in [-0.3, -0.25) is 0 Å². The Morgan fingerprint density at radius 1 is 0.250 bits per heavy atom. The third-order valence-corrected chi connectivity index (χ3v) is 28.1. The lowest BCUT2D eigenvalue weighted by molar-refractivity contribution is 0.572. The van der Waals surface area contributed by atoms with Gasteiger partial charge >= 0.3 is 0 Å². The average Bonchev–Trinajstić information content (AvgIpc) is 4.14. The van der Waals surface area contributed by atoms with Crippen molar-refractivity contribution in [2.24, 2.45) is 0 Å². The van der Waals surface area contributed by atoms with Gasteiger partial charge in [0.15, 0.2) is 39.3 Å². The van der Waals surface area contributed by atoms with Crippen molar-refractivity contribution in [1.82, 2.24) is 0 Å². The third-order valence-electron chi connectivity index (χ3n) is 15.0. The number of hydrogen-bond donors (Lipinski definition) is 4. The van der Waals surface area contributed by atoms with Gasteiger partial charge in [-0.15, -0.1) is 45.3 Å². The number of hydrogen-bond acceptors (Lipinski definition) is 16. The number of rotatable bonds is 42. The van der Waals surface area contributed by atoms with Crippen LogP contribution in [0.5, 0.6) is 0 Å². The van der Waals surface area contributed by atoms with Crippen molar-refractivity contribution >= 4 is 107 Å². The Bertz CT molecular complexity index is 2820. The first kappa shape index (κ1) is 72.1. The van der Waals surface area contributed by atoms with Crippen molar-refractivity contribution in [1.29, 1.82) is 0 Å². The molecule has 0 aliphatic heterocycles. The summed E-state index contributed by atoms with van der Waals surface area (Å²) < 4.78 is 107. The minimum absolute atomic E-state index is 0.0309. The molecule has 0 unspecified atom stereocenters. The van der Waals surface area contributed by atoms with E-state index in [0.29, 0.717) is 64.7 Å². The first-order valence-electron chi connectivity index (χ1n) is 30.4. The van der Waals surface area contributed by atoms with E-state index in [2.05, 4.69) is 27.7 Å². The minimum atomic E-state index is -3.65. The Morgan fingerprint density at radius 3 is 0.675 bits per heavy atom. The fourth-order valence-corrected chi connectivity index (χ4v) is 23.6. The molecule has 0 saturated heterocycles. The molecule has 4 rings (SSSR count). The molecule has 12 nitrogen and oxygen atoms in total. The highest BCUT2D eigenvalue weighted by Crippen LogP contribution is 2.51. The smallest absolute Gasteiger partial charge is 0.181 e. The van der Waals surface area contributed by atoms with Crippen LogP contribution in [0.4, 0.5) is 22.7 Å². The zero-order valence-corrected chi connectivity index (χ0v) is 56.8. The molecular formula is C60H104N4O8S8. The Morgan fingerprint density at radius 2 is 0.438 bits per heavy atom. The number of nitrogens with two attached hydrogens (primary N) is 4. The van der Waals surface area contributed by atoms with E-state index in [-0.39, 0.29) is 65.3 Å². The molecule has 0 aliphatic carbocycles. The van der Waals surface area contributed by atoms with E-state index in [1.165, 1.54) is 148 Å². The highest BCUT2D eigenvalue weighted by molar-refractivity contribution is 7.92. The Labute approximate surface area is 502 Å². The SMILES string of the molecule is CCCCCCCCCCS(=O)(=O)c1c(C)sc(-c2sc(C)c(N)c2S(=O)(=O)CCCCCCCCCC)c1N.CCCCCCCCCCS(=O)(=O)c1c(C)sc(-c2sc(C)c(S(=O)(=O)CCCCCCCCCC)c2N)c1N. The Balaban J connectivity index is 0.000000420. The zero-order chi connectivity index (χ0) is 59.5. The molecule has 8 N–H and O–H groups in total. The molecule has 0 radical (unpaired) electrons. The van der Waals surface area contributed by atoms with Crippen LogP contribution in [0.15, 0.2) is 19.6 Å². The van der Waals surface area contributed by atoms with Crippen LogP contribution >= 0.6 is 45.3 Å². The topological polar surface area (TPSA) is 241 Å². The van der Waals surface area contributed by atoms with Gasteiger partial charge in [0.25, 0.3) is 0 Å². The molecule has 0 bridgehead atoms. The standard InChI is InChI=1S/2C30H52N2O4S4/c1-5-7-9-11-13-15-17-19-21-39(33,34)29-23(3)37-27(25(29)31)28-26(32)30(24(4)38-28)40(35,36)22-20-18-16-14-12-10-8-6-2;1-5-7-9-11-13-15-17-19-21-39(33,34)29-24(4)38-27(26(29)32)28-30(25(31)23(3)37-28)40(35,36)22-20-18-16-14-12-10-8-6-2/h2*5-22,31-32H2,1-4H3. The largest absolute Gasteiger partial charge is 0.397 e. The van der Waals surface area contributed by atoms with Gasteiger partial charge in [-0.2, -0.15) is 0 Å². The summed E-state index contributed by atoms with van der Waals surface area (Å²) in [5.41, 5.74) is 26.5. The van der Waals surface area contributed by atoms with Gasteiger partial charge in [0.1, 0.15) is 19.6 Å². The molecule has 0 fully saturated rings. The summed E-state index contributed by atoms with van der Waals surface area (Å²) in [4.78, 5) is 5.32. The maximum absolute atomic E-state index is 13.5. The summed E-state index contributed by atoms with van der Waals surface area (Å²) in [6, 6.07) is 0. The summed E-state index contributed by atoms with van der Waals surface area (Å²) in [6.45, 7) is 15.9. The second-order valence-electron chi connectivity index (χ2n) is 22.1. The number of aryl methyl sites for hydroxylation is 4. The summed E-state index contributed by atoms with van der Waals surface area (Å²) in [7, 11) is -14.3. The van der Waals surface area contributed by atoms with Gasteiger partial charge < -0.3 is 22.9 Å². The number of unbranched alkanes of at least 4 members (excludes halogenated alkanes) is 28. The molecule has 460 valence electrons. The van der Waals surface area contributed by atoms with Gasteiger partial charge in [0, 0.05) is 19.5 Å². The highest BCUT2D eigenvalue weighted by atomic mass is 32.2. The number of nitrogen functional groups attached to an aromatic ring is 4. The van der Waals surface area contributed by atoms with E-state index in [1.807, 2.05) is 0 Å². The van der Waals surface area contributed by atoms with E-state index in [1.54, 1.807) is 27.7 Å². The maximum atomic E-state index is 13.5. The highest BCUT2D eigenvalue weighted by Gasteiger charge is 2.33. The predicted octanol–water partition coefficient (Wildman–Crippen LogP) is 18.2. The van der Waals surface area contributed by atoms with Crippen LogP contribution in [-0.2, 0) is 39.3 Å². The monoisotopic (exact) mass is 1260 g/mol. The Kier molecular flexibility index (Phi) is 33.0. The summed E-state index contributed by atoms with van der Waals surface area (Å²) in [5, 5.41) is 0. The van der Waals surface area contributed by atoms with E-state index in [4.69, 9.17) is 22.9 Å². The van der Waals surface area contributed by atoms with Crippen molar-refractivity contribution in [3.8, 4) is 19.5 Å². The van der Waals surface area contributed by atoms with Gasteiger partial charge in [0.05, 0.1) is 65.3 Å². The molecule has 0 aliphatic rings. The summed E-state index contributed by atoms with van der Waals surface area (Å²) >= 11 is 5.12. The van der Waals surface area contributed by atoms with Crippen molar-refractivity contribution in [2.45, 2.75) is 280 Å². The first-order valence-corrected chi connectivity index (χ1v) is 40.3. The van der Waals surface area contributed by atoms with E-state index >= 15 is 0 Å². The lowest BCUT2D eigenvalue weighted by atomic mass is 10.1. The molecule has 20 heteroatoms. The number of thiophene rings is 4. The van der Waals surface area contributed by atoms with Crippen molar-refractivity contribution < 1.29 is 33.7 Å². The average molecular weight is 1270 g/mol. The lowest BCUT2D eigenvalue weighted by Crippen LogP contribution is -2.10. The quantitative estimate of drug-likeness (QED) is 0.0303. The molecule has 4 aromatic rings. The molecule has 0 spiro atoms. The van der Waals surface area contributed by atoms with Crippen LogP contribution in [0.25, 0.3) is 19.5 Å². The fourth-order valence-electron chi connectivity index (χ4n) is 10.4. The third kappa shape index (κ3) is 22.3. The van der Waals surface area contributed by atoms with E-state index in [9.17, 15) is 33.7 Å². The minimum Gasteiger partial charge on any atom is -0.397 e. The second-order valence-corrected chi connectivity index (χ2v) is 35.2. The van der Waals surface area contributed by atoms with E-state index in [0.717, 1.165) is 77.0 Å². The van der Waals surface area contributed by atoms with Gasteiger partial charge in [-0.1, -0.05) is 207 Å². The normalized spacial score (nSPS) is 12.4. The molecule has 0 amide bonds. The predicted molar refractivity (Wildman–Crippen MR) is 351 cm³/mol. The van der Waals surface area contributed by atoms with Crippen molar-refractivity contribution in [3.63, 3.8) is 0 Å². The molecule has 80 heavy (non-hydrogen) atoms. The number of anilines is 4. The van der Waals surface area contributed by atoms with Gasteiger partial charge in [-0.25, -0.2) is 33.7 Å². The number of sulfone groups is 4. The van der Waals surface area contributed by atoms with Crippen LogP contribution in [0.1, 0.15) is 253 Å². The fraction of sp³-hybridized carbons (Fsp3) is 0.733. The van der Waals surface area contributed by atoms with Crippen LogP contribution < -0.4 is 22.9 Å². The van der Waals surface area contributed by atoms with Crippen molar-refractivity contribution in [3.05, 3.63) is 19.5 Å². The summed E-state index contributed by atoms with van der Waals surface area (Å²) in [5.74, 6) is 0.224. The van der Waals surface area contributed by atoms with Crippen LogP contribution in [0.3, 0.4) is 0 Å². The van der Waals surface area contributed by atoms with Crippen LogP contribution in [0, 0.1) is 27.7 Å². The molecule has 0 aromatic carbocycles. The zero-order valence-electron chi connectivity index (χ0n) is 50.3. The second kappa shape index (κ2) is 36.6. The van der Waals surface area contributed by atoms with Crippen LogP contribution in [-0.4, -0.2) is 56.7 Å². The summed E-state index contributed by atoms with van der Waals surface area (Å²) in [6.07, 6.45) is 34.3. The van der Waals surface area contributed by atoms with Gasteiger partial charge in [0.2, 0.25) is 0 Å². The molecular weight excluding hydrogens is 1160 g/mol. The van der Waals surface area contributed by atoms with Crippen LogP contribution in [0.2, 0.25) is 0 Å². The molecule has 0 saturated carbocycles. The van der Waals surface area contributed by atoms with Gasteiger partial charge in [-0.05, 0) is 53.4 Å². The van der Waals surface area contributed by atoms with E-state index < -0.39 is 39.3 Å². The lowest BCUT2D eigenvalue weighted by Gasteiger charge is -2.09. The maximum Gasteiger partial charge on any atom is 0.181 e. The molecule has 0 atom stereocenters. The first-order chi connectivity index (χ1) is 37.9.